The van der Waals surface area contributed by atoms with E-state index in [1.807, 2.05) is 12.1 Å². The van der Waals surface area contributed by atoms with Crippen LogP contribution in [0.2, 0.25) is 0 Å². The normalized spacial score (nSPS) is 20.8. The summed E-state index contributed by atoms with van der Waals surface area (Å²) in [5, 5.41) is 14.6. The number of morpholine rings is 2. The van der Waals surface area contributed by atoms with Crippen LogP contribution in [-0.2, 0) is 9.47 Å². The minimum Gasteiger partial charge on any atom is -0.377 e. The Balaban J connectivity index is 1.48. The molecule has 3 aromatic heterocycles. The molecule has 2 aliphatic rings. The van der Waals surface area contributed by atoms with E-state index in [-0.39, 0.29) is 23.5 Å². The van der Waals surface area contributed by atoms with Crippen LogP contribution in [0.15, 0.2) is 30.3 Å². The second kappa shape index (κ2) is 9.36. The first-order chi connectivity index (χ1) is 17.6. The van der Waals surface area contributed by atoms with E-state index in [9.17, 15) is 4.39 Å². The lowest BCUT2D eigenvalue weighted by Gasteiger charge is -2.37. The Morgan fingerprint density at radius 3 is 2.44 bits per heavy atom. The van der Waals surface area contributed by atoms with Crippen LogP contribution in [0.1, 0.15) is 13.8 Å². The van der Waals surface area contributed by atoms with Crippen LogP contribution in [0.5, 0.6) is 0 Å². The summed E-state index contributed by atoms with van der Waals surface area (Å²) in [6, 6.07) is 8.94. The first kappa shape index (κ1) is 22.7. The molecule has 0 bridgehead atoms. The van der Waals surface area contributed by atoms with Gasteiger partial charge in [-0.25, -0.2) is 9.37 Å². The molecule has 12 heteroatoms. The zero-order valence-electron chi connectivity index (χ0n) is 20.1. The Labute approximate surface area is 206 Å². The predicted molar refractivity (Wildman–Crippen MR) is 131 cm³/mol. The van der Waals surface area contributed by atoms with Crippen LogP contribution in [0.4, 0.5) is 16.2 Å². The maximum atomic E-state index is 14.5. The summed E-state index contributed by atoms with van der Waals surface area (Å²) in [5.41, 5.74) is 2.21. The quantitative estimate of drug-likeness (QED) is 0.456. The number of hydrogen-bond donors (Lipinski definition) is 1. The number of pyridine rings is 1. The highest BCUT2D eigenvalue weighted by molar-refractivity contribution is 5.90. The molecule has 1 aromatic carbocycles. The lowest BCUT2D eigenvalue weighted by molar-refractivity contribution is 0.0973. The van der Waals surface area contributed by atoms with Gasteiger partial charge in [0.15, 0.2) is 5.65 Å². The average molecular weight is 492 g/mol. The van der Waals surface area contributed by atoms with Crippen molar-refractivity contribution in [2.24, 2.45) is 0 Å². The Morgan fingerprint density at radius 2 is 1.72 bits per heavy atom. The van der Waals surface area contributed by atoms with Crippen molar-refractivity contribution in [3.63, 3.8) is 0 Å². The SMILES string of the molecule is C[C@H]1COCCN1c1nc(N2CCOC[C@@H]2C)c2ccc(-c3ccc(F)c(-c4nn[nH]n4)c3)nc2n1. The zero-order valence-corrected chi connectivity index (χ0v) is 20.1. The van der Waals surface area contributed by atoms with Crippen LogP contribution in [0.25, 0.3) is 33.7 Å². The highest BCUT2D eigenvalue weighted by Crippen LogP contribution is 2.32. The van der Waals surface area contributed by atoms with Crippen LogP contribution in [0, 0.1) is 5.82 Å². The summed E-state index contributed by atoms with van der Waals surface area (Å²) in [5.74, 6) is 1.22. The fourth-order valence-electron chi connectivity index (χ4n) is 4.69. The van der Waals surface area contributed by atoms with Gasteiger partial charge in [-0.05, 0) is 49.4 Å². The van der Waals surface area contributed by atoms with Gasteiger partial charge in [0.05, 0.1) is 55.2 Å². The van der Waals surface area contributed by atoms with Gasteiger partial charge in [-0.1, -0.05) is 0 Å². The fourth-order valence-corrected chi connectivity index (χ4v) is 4.69. The number of aromatic amines is 1. The van der Waals surface area contributed by atoms with Crippen LogP contribution < -0.4 is 9.80 Å². The number of fused-ring (bicyclic) bond motifs is 1. The van der Waals surface area contributed by atoms with E-state index >= 15 is 0 Å². The van der Waals surface area contributed by atoms with Gasteiger partial charge in [-0.15, -0.1) is 10.2 Å². The maximum absolute atomic E-state index is 14.5. The van der Waals surface area contributed by atoms with E-state index in [4.69, 9.17) is 24.4 Å². The molecule has 5 heterocycles. The molecule has 0 amide bonds. The Hall–Kier alpha value is -3.77. The van der Waals surface area contributed by atoms with Gasteiger partial charge in [0.1, 0.15) is 11.6 Å². The molecule has 0 spiro atoms. The smallest absolute Gasteiger partial charge is 0.229 e. The van der Waals surface area contributed by atoms with E-state index in [2.05, 4.69) is 44.3 Å². The van der Waals surface area contributed by atoms with Gasteiger partial charge < -0.3 is 19.3 Å². The molecule has 2 atom stereocenters. The summed E-state index contributed by atoms with van der Waals surface area (Å²) >= 11 is 0. The molecule has 11 nitrogen and oxygen atoms in total. The van der Waals surface area contributed by atoms with Crippen molar-refractivity contribution in [3.05, 3.63) is 36.1 Å². The fraction of sp³-hybridized carbons (Fsp3) is 0.417. The molecule has 0 saturated carbocycles. The Morgan fingerprint density at radius 1 is 0.944 bits per heavy atom. The van der Waals surface area contributed by atoms with E-state index < -0.39 is 5.82 Å². The van der Waals surface area contributed by atoms with Gasteiger partial charge in [-0.2, -0.15) is 15.2 Å². The number of benzene rings is 1. The molecule has 1 N–H and O–H groups in total. The lowest BCUT2D eigenvalue weighted by atomic mass is 10.1. The molecule has 186 valence electrons. The Kier molecular flexibility index (Phi) is 5.89. The van der Waals surface area contributed by atoms with E-state index in [1.165, 1.54) is 6.07 Å². The maximum Gasteiger partial charge on any atom is 0.229 e. The summed E-state index contributed by atoms with van der Waals surface area (Å²) in [6.45, 7) is 8.18. The number of anilines is 2. The second-order valence-corrected chi connectivity index (χ2v) is 9.08. The molecule has 0 radical (unpaired) electrons. The molecule has 4 aromatic rings. The van der Waals surface area contributed by atoms with Crippen molar-refractivity contribution in [2.75, 3.05) is 49.3 Å². The lowest BCUT2D eigenvalue weighted by Crippen LogP contribution is -2.46. The molecule has 2 saturated heterocycles. The van der Waals surface area contributed by atoms with E-state index in [0.29, 0.717) is 50.3 Å². The molecule has 2 fully saturated rings. The van der Waals surface area contributed by atoms with Gasteiger partial charge in [0, 0.05) is 18.7 Å². The third kappa shape index (κ3) is 4.11. The molecule has 0 aliphatic carbocycles. The largest absolute Gasteiger partial charge is 0.377 e. The third-order valence-corrected chi connectivity index (χ3v) is 6.64. The van der Waals surface area contributed by atoms with Crippen molar-refractivity contribution in [1.82, 2.24) is 35.6 Å². The first-order valence-corrected chi connectivity index (χ1v) is 12.0. The summed E-state index contributed by atoms with van der Waals surface area (Å²) in [6.07, 6.45) is 0. The number of halogens is 1. The van der Waals surface area contributed by atoms with Crippen molar-refractivity contribution >= 4 is 22.8 Å². The molecule has 36 heavy (non-hydrogen) atoms. The van der Waals surface area contributed by atoms with E-state index in [0.717, 1.165) is 23.3 Å². The third-order valence-electron chi connectivity index (χ3n) is 6.64. The molecule has 6 rings (SSSR count). The highest BCUT2D eigenvalue weighted by atomic mass is 19.1. The number of tetrazole rings is 1. The molecular weight excluding hydrogens is 465 g/mol. The molecular formula is C24H26FN9O2. The van der Waals surface area contributed by atoms with Gasteiger partial charge in [-0.3, -0.25) is 0 Å². The van der Waals surface area contributed by atoms with E-state index in [1.54, 1.807) is 12.1 Å². The number of ether oxygens (including phenoxy) is 2. The first-order valence-electron chi connectivity index (χ1n) is 12.0. The number of nitrogens with one attached hydrogen (secondary N) is 1. The van der Waals surface area contributed by atoms with Crippen molar-refractivity contribution in [2.45, 2.75) is 25.9 Å². The number of aromatic nitrogens is 7. The van der Waals surface area contributed by atoms with Gasteiger partial charge in [0.2, 0.25) is 11.8 Å². The predicted octanol–water partition coefficient (Wildman–Crippen LogP) is 2.46. The van der Waals surface area contributed by atoms with Crippen molar-refractivity contribution < 1.29 is 13.9 Å². The summed E-state index contributed by atoms with van der Waals surface area (Å²) < 4.78 is 25.8. The summed E-state index contributed by atoms with van der Waals surface area (Å²) in [7, 11) is 0. The number of H-pyrrole nitrogens is 1. The molecule has 2 aliphatic heterocycles. The number of nitrogens with zero attached hydrogens (tertiary/aromatic N) is 8. The second-order valence-electron chi connectivity index (χ2n) is 9.08. The summed E-state index contributed by atoms with van der Waals surface area (Å²) in [4.78, 5) is 19.2. The average Bonchev–Trinajstić information content (AvgIpc) is 3.43. The van der Waals surface area contributed by atoms with Crippen molar-refractivity contribution in [1.29, 1.82) is 0 Å². The van der Waals surface area contributed by atoms with Crippen LogP contribution in [0.3, 0.4) is 0 Å². The van der Waals surface area contributed by atoms with Gasteiger partial charge in [0.25, 0.3) is 0 Å². The standard InChI is InChI=1S/C24H26FN9O2/c1-14-12-35-9-7-33(14)23-17-4-6-20(16-3-5-19(25)18(11-16)22-29-31-32-30-22)26-21(17)27-24(28-23)34-8-10-36-13-15(34)2/h3-6,11,14-15H,7-10,12-13H2,1-2H3,(H,29,30,31,32)/t14-,15-/m0/s1. The number of hydrogen-bond acceptors (Lipinski definition) is 10. The Bertz CT molecular complexity index is 1380. The minimum absolute atomic E-state index is 0.143. The molecule has 0 unspecified atom stereocenters. The van der Waals surface area contributed by atoms with Crippen LogP contribution >= 0.6 is 0 Å². The zero-order chi connectivity index (χ0) is 24.6. The highest BCUT2D eigenvalue weighted by Gasteiger charge is 2.27. The number of rotatable bonds is 4. The monoisotopic (exact) mass is 491 g/mol. The van der Waals surface area contributed by atoms with Crippen molar-refractivity contribution in [3.8, 4) is 22.6 Å². The minimum atomic E-state index is -0.435. The van der Waals surface area contributed by atoms with Gasteiger partial charge >= 0.3 is 0 Å². The topological polar surface area (TPSA) is 118 Å². The van der Waals surface area contributed by atoms with Crippen LogP contribution in [-0.4, -0.2) is 87.2 Å².